The summed E-state index contributed by atoms with van der Waals surface area (Å²) >= 11 is 3.46. The van der Waals surface area contributed by atoms with E-state index in [1.54, 1.807) is 0 Å². The fourth-order valence-corrected chi connectivity index (χ4v) is 2.38. The molecular formula is C12H17BrN2. The zero-order valence-electron chi connectivity index (χ0n) is 9.26. The van der Waals surface area contributed by atoms with Gasteiger partial charge in [0.15, 0.2) is 0 Å². The molecule has 1 aliphatic carbocycles. The van der Waals surface area contributed by atoms with Gasteiger partial charge in [0, 0.05) is 16.7 Å². The number of pyridine rings is 1. The second kappa shape index (κ2) is 4.52. The number of nitrogens with zero attached hydrogens (tertiary/aromatic N) is 1. The molecule has 0 amide bonds. The van der Waals surface area contributed by atoms with E-state index in [9.17, 15) is 0 Å². The van der Waals surface area contributed by atoms with Crippen LogP contribution >= 0.6 is 15.9 Å². The third-order valence-corrected chi connectivity index (χ3v) is 4.07. The second-order valence-electron chi connectivity index (χ2n) is 4.48. The molecule has 0 bridgehead atoms. The molecule has 2 nitrogen and oxygen atoms in total. The maximum Gasteiger partial charge on any atom is 0.126 e. The van der Waals surface area contributed by atoms with Gasteiger partial charge in [-0.25, -0.2) is 4.98 Å². The van der Waals surface area contributed by atoms with Crippen molar-refractivity contribution in [1.82, 2.24) is 4.98 Å². The van der Waals surface area contributed by atoms with Crippen molar-refractivity contribution in [3.8, 4) is 0 Å². The van der Waals surface area contributed by atoms with Crippen molar-refractivity contribution in [3.63, 3.8) is 0 Å². The Bertz CT molecular complexity index is 351. The van der Waals surface area contributed by atoms with Crippen molar-refractivity contribution in [1.29, 1.82) is 0 Å². The first-order chi connectivity index (χ1) is 7.16. The van der Waals surface area contributed by atoms with Crippen LogP contribution in [0.1, 0.15) is 31.7 Å². The summed E-state index contributed by atoms with van der Waals surface area (Å²) in [5.41, 5.74) is 1.23. The topological polar surface area (TPSA) is 24.9 Å². The molecular weight excluding hydrogens is 252 g/mol. The quantitative estimate of drug-likeness (QED) is 0.884. The Kier molecular flexibility index (Phi) is 3.29. The molecule has 1 fully saturated rings. The van der Waals surface area contributed by atoms with E-state index >= 15 is 0 Å². The first kappa shape index (κ1) is 10.9. The molecule has 2 atom stereocenters. The number of aryl methyl sites for hydroxylation is 1. The lowest BCUT2D eigenvalue weighted by molar-refractivity contribution is 0.555. The van der Waals surface area contributed by atoms with Crippen molar-refractivity contribution < 1.29 is 0 Å². The molecule has 1 aromatic heterocycles. The molecule has 1 N–H and O–H groups in total. The summed E-state index contributed by atoms with van der Waals surface area (Å²) < 4.78 is 1.08. The maximum absolute atomic E-state index is 4.38. The molecule has 2 unspecified atom stereocenters. The molecule has 1 aromatic rings. The highest BCUT2D eigenvalue weighted by atomic mass is 79.9. The van der Waals surface area contributed by atoms with Crippen LogP contribution in [0.25, 0.3) is 0 Å². The lowest BCUT2D eigenvalue weighted by Crippen LogP contribution is -2.22. The van der Waals surface area contributed by atoms with Gasteiger partial charge in [-0.2, -0.15) is 0 Å². The molecule has 0 aliphatic heterocycles. The first-order valence-electron chi connectivity index (χ1n) is 5.55. The average molecular weight is 269 g/mol. The summed E-state index contributed by atoms with van der Waals surface area (Å²) in [7, 11) is 0. The van der Waals surface area contributed by atoms with Crippen molar-refractivity contribution in [2.45, 2.75) is 39.2 Å². The standard InChI is InChI=1S/C12H17BrN2/c1-8-4-3-5-11(8)15-12-6-9(2)10(13)7-14-12/h6-8,11H,3-5H2,1-2H3,(H,14,15). The molecule has 0 aromatic carbocycles. The smallest absolute Gasteiger partial charge is 0.126 e. The van der Waals surface area contributed by atoms with Gasteiger partial charge in [-0.15, -0.1) is 0 Å². The van der Waals surface area contributed by atoms with E-state index in [1.165, 1.54) is 24.8 Å². The van der Waals surface area contributed by atoms with Crippen molar-refractivity contribution in [2.75, 3.05) is 5.32 Å². The number of anilines is 1. The lowest BCUT2D eigenvalue weighted by Gasteiger charge is -2.18. The van der Waals surface area contributed by atoms with Crippen molar-refractivity contribution in [2.24, 2.45) is 5.92 Å². The van der Waals surface area contributed by atoms with Crippen LogP contribution in [0.15, 0.2) is 16.7 Å². The Morgan fingerprint density at radius 2 is 2.27 bits per heavy atom. The van der Waals surface area contributed by atoms with Crippen LogP contribution in [-0.4, -0.2) is 11.0 Å². The van der Waals surface area contributed by atoms with Gasteiger partial charge in [0.25, 0.3) is 0 Å². The summed E-state index contributed by atoms with van der Waals surface area (Å²) in [5, 5.41) is 3.53. The number of rotatable bonds is 2. The fraction of sp³-hybridized carbons (Fsp3) is 0.583. The highest BCUT2D eigenvalue weighted by Gasteiger charge is 2.23. The van der Waals surface area contributed by atoms with E-state index in [1.807, 2.05) is 6.20 Å². The van der Waals surface area contributed by atoms with Gasteiger partial charge in [0.2, 0.25) is 0 Å². The van der Waals surface area contributed by atoms with E-state index in [0.29, 0.717) is 6.04 Å². The van der Waals surface area contributed by atoms with Gasteiger partial charge in [0.05, 0.1) is 0 Å². The van der Waals surface area contributed by atoms with E-state index in [0.717, 1.165) is 16.2 Å². The summed E-state index contributed by atoms with van der Waals surface area (Å²) in [4.78, 5) is 4.38. The Labute approximate surface area is 99.6 Å². The largest absolute Gasteiger partial charge is 0.367 e. The highest BCUT2D eigenvalue weighted by Crippen LogP contribution is 2.28. The molecule has 0 spiro atoms. The van der Waals surface area contributed by atoms with Crippen molar-refractivity contribution in [3.05, 3.63) is 22.3 Å². The normalized spacial score (nSPS) is 25.5. The Morgan fingerprint density at radius 1 is 1.47 bits per heavy atom. The Hall–Kier alpha value is -0.570. The minimum absolute atomic E-state index is 0.609. The molecule has 82 valence electrons. The molecule has 2 rings (SSSR count). The van der Waals surface area contributed by atoms with E-state index < -0.39 is 0 Å². The number of aromatic nitrogens is 1. The van der Waals surface area contributed by atoms with E-state index in [-0.39, 0.29) is 0 Å². The van der Waals surface area contributed by atoms with Crippen LogP contribution < -0.4 is 5.32 Å². The number of nitrogens with one attached hydrogen (secondary N) is 1. The van der Waals surface area contributed by atoms with Gasteiger partial charge in [-0.1, -0.05) is 13.3 Å². The maximum atomic E-state index is 4.38. The van der Waals surface area contributed by atoms with Gasteiger partial charge in [-0.05, 0) is 53.2 Å². The molecule has 1 aliphatic rings. The molecule has 15 heavy (non-hydrogen) atoms. The average Bonchev–Trinajstić information content (AvgIpc) is 2.59. The monoisotopic (exact) mass is 268 g/mol. The zero-order valence-corrected chi connectivity index (χ0v) is 10.8. The van der Waals surface area contributed by atoms with Crippen LogP contribution in [0.4, 0.5) is 5.82 Å². The van der Waals surface area contributed by atoms with Crippen LogP contribution in [0.2, 0.25) is 0 Å². The molecule has 0 saturated heterocycles. The highest BCUT2D eigenvalue weighted by molar-refractivity contribution is 9.10. The zero-order chi connectivity index (χ0) is 10.8. The van der Waals surface area contributed by atoms with Crippen molar-refractivity contribution >= 4 is 21.7 Å². The van der Waals surface area contributed by atoms with E-state index in [4.69, 9.17) is 0 Å². The number of hydrogen-bond donors (Lipinski definition) is 1. The van der Waals surface area contributed by atoms with Gasteiger partial charge >= 0.3 is 0 Å². The predicted octanol–water partition coefficient (Wildman–Crippen LogP) is 3.75. The van der Waals surface area contributed by atoms with Gasteiger partial charge < -0.3 is 5.32 Å². The van der Waals surface area contributed by atoms with Gasteiger partial charge in [0.1, 0.15) is 5.82 Å². The molecule has 1 heterocycles. The fourth-order valence-electron chi connectivity index (χ4n) is 2.17. The minimum atomic E-state index is 0.609. The Balaban J connectivity index is 2.07. The summed E-state index contributed by atoms with van der Waals surface area (Å²) in [5.74, 6) is 1.78. The van der Waals surface area contributed by atoms with Crippen LogP contribution in [-0.2, 0) is 0 Å². The van der Waals surface area contributed by atoms with E-state index in [2.05, 4.69) is 46.1 Å². The second-order valence-corrected chi connectivity index (χ2v) is 5.33. The van der Waals surface area contributed by atoms with Crippen LogP contribution in [0, 0.1) is 12.8 Å². The van der Waals surface area contributed by atoms with Gasteiger partial charge in [-0.3, -0.25) is 0 Å². The molecule has 1 saturated carbocycles. The SMILES string of the molecule is Cc1cc(NC2CCCC2C)ncc1Br. The third kappa shape index (κ3) is 2.51. The summed E-state index contributed by atoms with van der Waals surface area (Å²) in [6.07, 6.45) is 5.83. The minimum Gasteiger partial charge on any atom is -0.367 e. The number of hydrogen-bond acceptors (Lipinski definition) is 2. The molecule has 3 heteroatoms. The molecule has 0 radical (unpaired) electrons. The predicted molar refractivity (Wildman–Crippen MR) is 67.1 cm³/mol. The summed E-state index contributed by atoms with van der Waals surface area (Å²) in [6, 6.07) is 2.72. The number of halogens is 1. The van der Waals surface area contributed by atoms with Crippen LogP contribution in [0.3, 0.4) is 0 Å². The summed E-state index contributed by atoms with van der Waals surface area (Å²) in [6.45, 7) is 4.41. The lowest BCUT2D eigenvalue weighted by atomic mass is 10.1. The Morgan fingerprint density at radius 3 is 2.87 bits per heavy atom. The third-order valence-electron chi connectivity index (χ3n) is 3.24. The first-order valence-corrected chi connectivity index (χ1v) is 6.35. The van der Waals surface area contributed by atoms with Crippen LogP contribution in [0.5, 0.6) is 0 Å².